The molecule has 3 aromatic heterocycles. The molecule has 4 aromatic rings. The van der Waals surface area contributed by atoms with Crippen molar-refractivity contribution in [2.24, 2.45) is 7.05 Å². The Labute approximate surface area is 183 Å². The van der Waals surface area contributed by atoms with E-state index >= 15 is 0 Å². The molecule has 1 aliphatic heterocycles. The van der Waals surface area contributed by atoms with Gasteiger partial charge in [-0.05, 0) is 37.0 Å². The van der Waals surface area contributed by atoms with E-state index in [2.05, 4.69) is 46.7 Å². The Hall–Kier alpha value is -3.70. The first-order chi connectivity index (χ1) is 15.0. The summed E-state index contributed by atoms with van der Waals surface area (Å²) in [5.41, 5.74) is 14.1. The minimum absolute atomic E-state index is 0.271. The molecule has 31 heavy (non-hydrogen) atoms. The highest BCUT2D eigenvalue weighted by Crippen LogP contribution is 2.39. The zero-order chi connectivity index (χ0) is 21.7. The van der Waals surface area contributed by atoms with Crippen molar-refractivity contribution in [1.29, 1.82) is 5.26 Å². The second-order valence-electron chi connectivity index (χ2n) is 7.73. The van der Waals surface area contributed by atoms with Gasteiger partial charge in [0.2, 0.25) is 0 Å². The zero-order valence-corrected chi connectivity index (χ0v) is 18.2. The van der Waals surface area contributed by atoms with Gasteiger partial charge in [-0.1, -0.05) is 23.8 Å². The molecule has 1 aliphatic rings. The average Bonchev–Trinajstić information content (AvgIpc) is 3.33. The molecule has 0 radical (unpaired) electrons. The molecule has 0 saturated heterocycles. The minimum Gasteiger partial charge on any atom is -0.482 e. The van der Waals surface area contributed by atoms with Crippen molar-refractivity contribution in [3.05, 3.63) is 63.9 Å². The van der Waals surface area contributed by atoms with Crippen LogP contribution in [-0.2, 0) is 13.5 Å². The molecule has 0 aliphatic carbocycles. The van der Waals surface area contributed by atoms with Crippen LogP contribution in [0.15, 0.2) is 35.8 Å². The lowest BCUT2D eigenvalue weighted by Crippen LogP contribution is -2.09. The smallest absolute Gasteiger partial charge is 0.170 e. The number of nitrogen functional groups attached to an aromatic ring is 1. The van der Waals surface area contributed by atoms with Crippen molar-refractivity contribution >= 4 is 17.4 Å². The molecule has 1 aromatic carbocycles. The number of fused-ring (bicyclic) bond motifs is 7. The first-order valence-electron chi connectivity index (χ1n) is 9.89. The summed E-state index contributed by atoms with van der Waals surface area (Å²) in [5.74, 6) is 0.787. The Morgan fingerprint density at radius 3 is 2.97 bits per heavy atom. The van der Waals surface area contributed by atoms with Crippen molar-refractivity contribution in [1.82, 2.24) is 19.1 Å². The molecule has 2 bridgehead atoms. The highest BCUT2D eigenvalue weighted by molar-refractivity contribution is 7.04. The number of anilines is 1. The number of nitriles is 1. The van der Waals surface area contributed by atoms with Gasteiger partial charge in [0.1, 0.15) is 12.2 Å². The summed E-state index contributed by atoms with van der Waals surface area (Å²) in [4.78, 5) is 4.35. The van der Waals surface area contributed by atoms with Crippen molar-refractivity contribution in [2.75, 3.05) is 5.73 Å². The second-order valence-corrected chi connectivity index (χ2v) is 8.36. The first-order valence-corrected chi connectivity index (χ1v) is 10.7. The molecule has 4 heterocycles. The number of rotatable bonds is 0. The van der Waals surface area contributed by atoms with Gasteiger partial charge in [-0.25, -0.2) is 4.98 Å². The van der Waals surface area contributed by atoms with Gasteiger partial charge in [0, 0.05) is 47.3 Å². The summed E-state index contributed by atoms with van der Waals surface area (Å²) in [6, 6.07) is 10.4. The number of benzene rings is 1. The summed E-state index contributed by atoms with van der Waals surface area (Å²) >= 11 is 1.42. The van der Waals surface area contributed by atoms with Gasteiger partial charge >= 0.3 is 0 Å². The molecule has 154 valence electrons. The molecule has 1 atom stereocenters. The van der Waals surface area contributed by atoms with E-state index in [1.54, 1.807) is 10.9 Å². The van der Waals surface area contributed by atoms with Crippen LogP contribution in [0.4, 0.5) is 5.82 Å². The van der Waals surface area contributed by atoms with Crippen molar-refractivity contribution in [2.45, 2.75) is 26.4 Å². The Kier molecular flexibility index (Phi) is 4.49. The molecular formula is C23H20N6OS. The monoisotopic (exact) mass is 428 g/mol. The number of aromatic nitrogens is 4. The zero-order valence-electron chi connectivity index (χ0n) is 17.4. The third-order valence-corrected chi connectivity index (χ3v) is 6.33. The molecule has 0 unspecified atom stereocenters. The lowest BCUT2D eigenvalue weighted by atomic mass is 9.93. The van der Waals surface area contributed by atoms with Crippen molar-refractivity contribution < 1.29 is 4.74 Å². The Morgan fingerprint density at radius 2 is 2.16 bits per heavy atom. The van der Waals surface area contributed by atoms with Crippen LogP contribution < -0.4 is 10.5 Å². The maximum Gasteiger partial charge on any atom is 0.170 e. The fourth-order valence-corrected chi connectivity index (χ4v) is 4.80. The molecule has 0 amide bonds. The molecule has 2 N–H and O–H groups in total. The van der Waals surface area contributed by atoms with E-state index in [0.717, 1.165) is 44.8 Å². The lowest BCUT2D eigenvalue weighted by Gasteiger charge is -2.21. The molecule has 0 fully saturated rings. The van der Waals surface area contributed by atoms with Crippen molar-refractivity contribution in [3.8, 4) is 34.2 Å². The fraction of sp³-hybridized carbons (Fsp3) is 0.217. The number of hydrogen-bond acceptors (Lipinski definition) is 7. The maximum atomic E-state index is 9.72. The second kappa shape index (κ2) is 7.22. The maximum absolute atomic E-state index is 9.72. The van der Waals surface area contributed by atoms with Crippen LogP contribution in [-0.4, -0.2) is 19.1 Å². The molecule has 8 heteroatoms. The van der Waals surface area contributed by atoms with Gasteiger partial charge in [-0.15, -0.1) is 0 Å². The quantitative estimate of drug-likeness (QED) is 0.445. The van der Waals surface area contributed by atoms with E-state index in [1.165, 1.54) is 11.5 Å². The first kappa shape index (κ1) is 19.3. The van der Waals surface area contributed by atoms with Crippen molar-refractivity contribution in [3.63, 3.8) is 0 Å². The minimum atomic E-state index is -0.271. The van der Waals surface area contributed by atoms with Gasteiger partial charge in [-0.2, -0.15) is 14.7 Å². The summed E-state index contributed by atoms with van der Waals surface area (Å²) in [6.45, 7) is 4.06. The third-order valence-electron chi connectivity index (χ3n) is 5.65. The normalized spacial score (nSPS) is 14.8. The summed E-state index contributed by atoms with van der Waals surface area (Å²) in [5, 5.41) is 16.2. The van der Waals surface area contributed by atoms with Gasteiger partial charge < -0.3 is 10.5 Å². The van der Waals surface area contributed by atoms with Crippen LogP contribution >= 0.6 is 11.5 Å². The van der Waals surface area contributed by atoms with E-state index < -0.39 is 0 Å². The highest BCUT2D eigenvalue weighted by Gasteiger charge is 2.25. The average molecular weight is 429 g/mol. The summed E-state index contributed by atoms with van der Waals surface area (Å²) < 4.78 is 12.8. The van der Waals surface area contributed by atoms with Crippen LogP contribution in [0.1, 0.15) is 41.1 Å². The molecule has 0 spiro atoms. The Morgan fingerprint density at radius 1 is 1.32 bits per heavy atom. The summed E-state index contributed by atoms with van der Waals surface area (Å²) in [7, 11) is 1.85. The molecular weight excluding hydrogens is 408 g/mol. The summed E-state index contributed by atoms with van der Waals surface area (Å²) in [6.07, 6.45) is 1.99. The van der Waals surface area contributed by atoms with E-state index in [4.69, 9.17) is 14.8 Å². The number of ether oxygens (including phenoxy) is 1. The Bertz CT molecular complexity index is 1360. The van der Waals surface area contributed by atoms with Gasteiger partial charge in [0.05, 0.1) is 11.4 Å². The van der Waals surface area contributed by atoms with Crippen LogP contribution in [0.2, 0.25) is 0 Å². The Balaban J connectivity index is 1.83. The topological polar surface area (TPSA) is 103 Å². The van der Waals surface area contributed by atoms with Gasteiger partial charge in [0.25, 0.3) is 0 Å². The van der Waals surface area contributed by atoms with Crippen LogP contribution in [0.25, 0.3) is 22.4 Å². The number of nitrogens with two attached hydrogens (primary N) is 1. The fourth-order valence-electron chi connectivity index (χ4n) is 4.10. The lowest BCUT2D eigenvalue weighted by molar-refractivity contribution is 0.228. The van der Waals surface area contributed by atoms with E-state index in [1.807, 2.05) is 20.0 Å². The number of hydrogen-bond donors (Lipinski definition) is 1. The van der Waals surface area contributed by atoms with Crippen LogP contribution in [0.5, 0.6) is 5.75 Å². The number of nitrogens with zero attached hydrogens (tertiary/aromatic N) is 5. The van der Waals surface area contributed by atoms with E-state index in [-0.39, 0.29) is 6.10 Å². The predicted molar refractivity (Wildman–Crippen MR) is 120 cm³/mol. The predicted octanol–water partition coefficient (Wildman–Crippen LogP) is 4.41. The van der Waals surface area contributed by atoms with Crippen LogP contribution in [0.3, 0.4) is 0 Å². The molecule has 7 nitrogen and oxygen atoms in total. The van der Waals surface area contributed by atoms with Gasteiger partial charge in [0.15, 0.2) is 17.3 Å². The SMILES string of the molecule is Cc1ccc2c(c1)[C@@H](C)Oc1cc(cnc1N)-c1c(C#N)nn(C)c1Cc1csnc1-2. The highest BCUT2D eigenvalue weighted by atomic mass is 32.1. The molecule has 0 saturated carbocycles. The molecule has 5 rings (SSSR count). The van der Waals surface area contributed by atoms with Crippen LogP contribution in [0, 0.1) is 18.3 Å². The van der Waals surface area contributed by atoms with E-state index in [9.17, 15) is 5.26 Å². The standard InChI is InChI=1S/C23H20N6OS/c1-12-4-5-16-17(6-12)13(2)30-20-8-14(10-26-23(20)25)21-18(9-24)27-29(3)19(21)7-15-11-31-28-22(15)16/h4-6,8,10-11,13H,7H2,1-3H3,(H2,25,26)/t13-/m1/s1. The third kappa shape index (κ3) is 3.14. The largest absolute Gasteiger partial charge is 0.482 e. The van der Waals surface area contributed by atoms with E-state index in [0.29, 0.717) is 23.7 Å². The number of aryl methyl sites for hydroxylation is 2. The number of pyridine rings is 1. The van der Waals surface area contributed by atoms with Gasteiger partial charge in [-0.3, -0.25) is 4.68 Å².